The molecular formula is C12H12N2O. The Balaban J connectivity index is 2.22. The number of rotatable bonds is 1. The maximum Gasteiger partial charge on any atom is 0.271 e. The third kappa shape index (κ3) is 1.31. The Bertz CT molecular complexity index is 555. The SMILES string of the molecule is O=c1[nH]c2ccccc2cc1N1CCC1. The fraction of sp³-hybridized carbons (Fsp3) is 0.250. The Morgan fingerprint density at radius 1 is 1.20 bits per heavy atom. The predicted molar refractivity (Wildman–Crippen MR) is 61.4 cm³/mol. The lowest BCUT2D eigenvalue weighted by atomic mass is 10.1. The van der Waals surface area contributed by atoms with Crippen molar-refractivity contribution in [1.29, 1.82) is 0 Å². The van der Waals surface area contributed by atoms with E-state index in [2.05, 4.69) is 9.88 Å². The molecule has 0 unspecified atom stereocenters. The Hall–Kier alpha value is -1.77. The zero-order valence-corrected chi connectivity index (χ0v) is 8.36. The number of nitrogens with zero attached hydrogens (tertiary/aromatic N) is 1. The highest BCUT2D eigenvalue weighted by Gasteiger charge is 2.17. The van der Waals surface area contributed by atoms with Crippen LogP contribution in [0.3, 0.4) is 0 Å². The minimum atomic E-state index is 0.0217. The first-order chi connectivity index (χ1) is 7.34. The van der Waals surface area contributed by atoms with Crippen molar-refractivity contribution in [1.82, 2.24) is 4.98 Å². The first kappa shape index (κ1) is 8.53. The third-order valence-electron chi connectivity index (χ3n) is 2.93. The van der Waals surface area contributed by atoms with Gasteiger partial charge in [-0.15, -0.1) is 0 Å². The number of hydrogen-bond acceptors (Lipinski definition) is 2. The summed E-state index contributed by atoms with van der Waals surface area (Å²) in [6.45, 7) is 2.00. The van der Waals surface area contributed by atoms with Gasteiger partial charge in [-0.05, 0) is 18.6 Å². The number of fused-ring (bicyclic) bond motifs is 1. The van der Waals surface area contributed by atoms with E-state index >= 15 is 0 Å². The molecule has 0 spiro atoms. The molecule has 1 aliphatic rings. The molecule has 3 rings (SSSR count). The van der Waals surface area contributed by atoms with Crippen molar-refractivity contribution in [2.45, 2.75) is 6.42 Å². The van der Waals surface area contributed by atoms with Crippen molar-refractivity contribution in [3.05, 3.63) is 40.7 Å². The van der Waals surface area contributed by atoms with Crippen molar-refractivity contribution in [2.24, 2.45) is 0 Å². The summed E-state index contributed by atoms with van der Waals surface area (Å²) in [7, 11) is 0. The summed E-state index contributed by atoms with van der Waals surface area (Å²) in [5.74, 6) is 0. The largest absolute Gasteiger partial charge is 0.367 e. The maximum atomic E-state index is 11.8. The lowest BCUT2D eigenvalue weighted by Gasteiger charge is -2.32. The van der Waals surface area contributed by atoms with Crippen molar-refractivity contribution >= 4 is 16.6 Å². The van der Waals surface area contributed by atoms with Gasteiger partial charge in [-0.3, -0.25) is 4.79 Å². The van der Waals surface area contributed by atoms with Crippen molar-refractivity contribution < 1.29 is 0 Å². The number of benzene rings is 1. The lowest BCUT2D eigenvalue weighted by molar-refractivity contribution is 0.615. The predicted octanol–water partition coefficient (Wildman–Crippen LogP) is 1.74. The molecule has 0 atom stereocenters. The van der Waals surface area contributed by atoms with Crippen LogP contribution in [0.25, 0.3) is 10.9 Å². The van der Waals surface area contributed by atoms with E-state index < -0.39 is 0 Å². The lowest BCUT2D eigenvalue weighted by Crippen LogP contribution is -2.40. The van der Waals surface area contributed by atoms with Crippen LogP contribution in [0.15, 0.2) is 35.1 Å². The molecule has 3 heteroatoms. The molecule has 0 radical (unpaired) electrons. The second-order valence-corrected chi connectivity index (χ2v) is 3.91. The number of nitrogens with one attached hydrogen (secondary N) is 1. The Kier molecular flexibility index (Phi) is 1.78. The molecular weight excluding hydrogens is 188 g/mol. The van der Waals surface area contributed by atoms with Crippen LogP contribution in [-0.4, -0.2) is 18.1 Å². The van der Waals surface area contributed by atoms with Crippen molar-refractivity contribution in [3.8, 4) is 0 Å². The average Bonchev–Trinajstić information content (AvgIpc) is 2.16. The van der Waals surface area contributed by atoms with E-state index in [0.29, 0.717) is 0 Å². The fourth-order valence-corrected chi connectivity index (χ4v) is 1.93. The summed E-state index contributed by atoms with van der Waals surface area (Å²) in [6.07, 6.45) is 1.19. The van der Waals surface area contributed by atoms with Gasteiger partial charge >= 0.3 is 0 Å². The maximum absolute atomic E-state index is 11.8. The van der Waals surface area contributed by atoms with Gasteiger partial charge in [0.05, 0.1) is 0 Å². The molecule has 15 heavy (non-hydrogen) atoms. The van der Waals surface area contributed by atoms with Crippen LogP contribution in [0.1, 0.15) is 6.42 Å². The first-order valence-electron chi connectivity index (χ1n) is 5.21. The third-order valence-corrected chi connectivity index (χ3v) is 2.93. The van der Waals surface area contributed by atoms with Gasteiger partial charge < -0.3 is 9.88 Å². The normalized spacial score (nSPS) is 15.3. The van der Waals surface area contributed by atoms with E-state index in [1.165, 1.54) is 6.42 Å². The molecule has 2 heterocycles. The van der Waals surface area contributed by atoms with Gasteiger partial charge in [-0.1, -0.05) is 18.2 Å². The van der Waals surface area contributed by atoms with Gasteiger partial charge in [0.25, 0.3) is 5.56 Å². The van der Waals surface area contributed by atoms with E-state index in [9.17, 15) is 4.79 Å². The molecule has 3 nitrogen and oxygen atoms in total. The Labute approximate surface area is 87.3 Å². The number of aromatic nitrogens is 1. The topological polar surface area (TPSA) is 36.1 Å². The van der Waals surface area contributed by atoms with Crippen LogP contribution < -0.4 is 10.5 Å². The average molecular weight is 200 g/mol. The molecule has 76 valence electrons. The molecule has 1 aromatic heterocycles. The highest BCUT2D eigenvalue weighted by molar-refractivity contribution is 5.81. The van der Waals surface area contributed by atoms with E-state index in [0.717, 1.165) is 29.7 Å². The van der Waals surface area contributed by atoms with Crippen LogP contribution in [0, 0.1) is 0 Å². The number of anilines is 1. The summed E-state index contributed by atoms with van der Waals surface area (Å²) < 4.78 is 0. The van der Waals surface area contributed by atoms with Gasteiger partial charge in [0.2, 0.25) is 0 Å². The Morgan fingerprint density at radius 2 is 2.00 bits per heavy atom. The molecule has 0 bridgehead atoms. The van der Waals surface area contributed by atoms with Crippen LogP contribution >= 0.6 is 0 Å². The van der Waals surface area contributed by atoms with Gasteiger partial charge in [0.15, 0.2) is 0 Å². The van der Waals surface area contributed by atoms with Crippen LogP contribution in [0.4, 0.5) is 5.69 Å². The van der Waals surface area contributed by atoms with E-state index in [-0.39, 0.29) is 5.56 Å². The van der Waals surface area contributed by atoms with Crippen LogP contribution in [-0.2, 0) is 0 Å². The second-order valence-electron chi connectivity index (χ2n) is 3.91. The summed E-state index contributed by atoms with van der Waals surface area (Å²) in [5, 5.41) is 1.10. The second kappa shape index (κ2) is 3.12. The minimum Gasteiger partial charge on any atom is -0.367 e. The monoisotopic (exact) mass is 200 g/mol. The smallest absolute Gasteiger partial charge is 0.271 e. The number of H-pyrrole nitrogens is 1. The molecule has 0 aliphatic carbocycles. The standard InChI is InChI=1S/C12H12N2O/c15-12-11(14-6-3-7-14)8-9-4-1-2-5-10(9)13-12/h1-2,4-5,8H,3,6-7H2,(H,13,15). The zero-order valence-electron chi connectivity index (χ0n) is 8.36. The quantitative estimate of drug-likeness (QED) is 0.761. The summed E-state index contributed by atoms with van der Waals surface area (Å²) in [6, 6.07) is 9.85. The van der Waals surface area contributed by atoms with E-state index in [4.69, 9.17) is 0 Å². The number of para-hydroxylation sites is 1. The summed E-state index contributed by atoms with van der Waals surface area (Å²) >= 11 is 0. The van der Waals surface area contributed by atoms with Crippen LogP contribution in [0.5, 0.6) is 0 Å². The van der Waals surface area contributed by atoms with Crippen molar-refractivity contribution in [2.75, 3.05) is 18.0 Å². The summed E-state index contributed by atoms with van der Waals surface area (Å²) in [4.78, 5) is 16.8. The molecule has 2 aromatic rings. The van der Waals surface area contributed by atoms with Gasteiger partial charge in [0, 0.05) is 24.0 Å². The Morgan fingerprint density at radius 3 is 2.73 bits per heavy atom. The number of hydrogen-bond donors (Lipinski definition) is 1. The number of aromatic amines is 1. The van der Waals surface area contributed by atoms with Gasteiger partial charge in [0.1, 0.15) is 5.69 Å². The molecule has 1 saturated heterocycles. The highest BCUT2D eigenvalue weighted by Crippen LogP contribution is 2.19. The summed E-state index contributed by atoms with van der Waals surface area (Å²) in [5.41, 5.74) is 1.74. The van der Waals surface area contributed by atoms with Crippen LogP contribution in [0.2, 0.25) is 0 Å². The number of pyridine rings is 1. The molecule has 1 aromatic carbocycles. The van der Waals surface area contributed by atoms with E-state index in [1.807, 2.05) is 30.3 Å². The molecule has 1 N–H and O–H groups in total. The van der Waals surface area contributed by atoms with Gasteiger partial charge in [-0.25, -0.2) is 0 Å². The molecule has 0 amide bonds. The highest BCUT2D eigenvalue weighted by atomic mass is 16.1. The molecule has 1 fully saturated rings. The molecule has 1 aliphatic heterocycles. The fourth-order valence-electron chi connectivity index (χ4n) is 1.93. The first-order valence-corrected chi connectivity index (χ1v) is 5.21. The zero-order chi connectivity index (χ0) is 10.3. The van der Waals surface area contributed by atoms with E-state index in [1.54, 1.807) is 0 Å². The minimum absolute atomic E-state index is 0.0217. The van der Waals surface area contributed by atoms with Crippen molar-refractivity contribution in [3.63, 3.8) is 0 Å². The molecule has 0 saturated carbocycles. The van der Waals surface area contributed by atoms with Gasteiger partial charge in [-0.2, -0.15) is 0 Å².